The number of nitrogens with two attached hydrogens (primary N) is 1. The standard InChI is InChI=1S/C23H27N5O/c1-22(2)10-16-11-23(3,12-22)13-28(16)20-18(24)21(27-14-26-20)29-17-8-4-6-15-7-5-9-25-19(15)17/h4-9,14,16H,10-13,24H2,1-3H3. The van der Waals surface area contributed by atoms with Gasteiger partial charge in [-0.15, -0.1) is 0 Å². The smallest absolute Gasteiger partial charge is 0.248 e. The van der Waals surface area contributed by atoms with Crippen molar-refractivity contribution >= 4 is 22.4 Å². The molecule has 0 spiro atoms. The quantitative estimate of drug-likeness (QED) is 0.693. The van der Waals surface area contributed by atoms with E-state index in [9.17, 15) is 0 Å². The highest BCUT2D eigenvalue weighted by atomic mass is 16.5. The molecule has 1 saturated heterocycles. The van der Waals surface area contributed by atoms with Gasteiger partial charge in [-0.1, -0.05) is 39.0 Å². The number of para-hydroxylation sites is 1. The van der Waals surface area contributed by atoms with Crippen LogP contribution in [-0.4, -0.2) is 27.5 Å². The predicted molar refractivity (Wildman–Crippen MR) is 115 cm³/mol. The summed E-state index contributed by atoms with van der Waals surface area (Å²) in [5.74, 6) is 1.82. The number of fused-ring (bicyclic) bond motifs is 3. The van der Waals surface area contributed by atoms with Crippen molar-refractivity contribution in [1.82, 2.24) is 15.0 Å². The van der Waals surface area contributed by atoms with Gasteiger partial charge in [-0.05, 0) is 42.2 Å². The Hall–Kier alpha value is -2.89. The second-order valence-corrected chi connectivity index (χ2v) is 9.69. The van der Waals surface area contributed by atoms with Crippen molar-refractivity contribution < 1.29 is 4.74 Å². The van der Waals surface area contributed by atoms with E-state index in [2.05, 4.69) is 40.6 Å². The summed E-state index contributed by atoms with van der Waals surface area (Å²) in [5.41, 5.74) is 8.46. The first-order valence-electron chi connectivity index (χ1n) is 10.2. The van der Waals surface area contributed by atoms with Gasteiger partial charge in [-0.25, -0.2) is 4.98 Å². The molecule has 3 heterocycles. The van der Waals surface area contributed by atoms with Gasteiger partial charge in [0.15, 0.2) is 11.6 Å². The number of anilines is 2. The lowest BCUT2D eigenvalue weighted by Crippen LogP contribution is -2.35. The van der Waals surface area contributed by atoms with E-state index >= 15 is 0 Å². The summed E-state index contributed by atoms with van der Waals surface area (Å²) in [7, 11) is 0. The fourth-order valence-electron chi connectivity index (χ4n) is 5.65. The number of aromatic nitrogens is 3. The van der Waals surface area contributed by atoms with E-state index in [-0.39, 0.29) is 0 Å². The van der Waals surface area contributed by atoms with Crippen molar-refractivity contribution in [2.45, 2.75) is 46.1 Å². The third-order valence-corrected chi connectivity index (χ3v) is 6.32. The van der Waals surface area contributed by atoms with Crippen molar-refractivity contribution in [1.29, 1.82) is 0 Å². The van der Waals surface area contributed by atoms with Gasteiger partial charge >= 0.3 is 0 Å². The van der Waals surface area contributed by atoms with Crippen molar-refractivity contribution in [3.63, 3.8) is 0 Å². The summed E-state index contributed by atoms with van der Waals surface area (Å²) in [6.07, 6.45) is 6.87. The second kappa shape index (κ2) is 6.31. The van der Waals surface area contributed by atoms with E-state index in [1.165, 1.54) is 12.8 Å². The van der Waals surface area contributed by atoms with Crippen LogP contribution >= 0.6 is 0 Å². The van der Waals surface area contributed by atoms with Crippen LogP contribution in [-0.2, 0) is 0 Å². The minimum absolute atomic E-state index is 0.296. The number of pyridine rings is 1. The maximum absolute atomic E-state index is 6.54. The zero-order valence-electron chi connectivity index (χ0n) is 17.2. The SMILES string of the molecule is CC1(C)CC2CC(C)(CN2c2ncnc(Oc3cccc4cccnc34)c2N)C1. The molecule has 2 atom stereocenters. The minimum atomic E-state index is 0.296. The maximum atomic E-state index is 6.54. The number of hydrogen-bond acceptors (Lipinski definition) is 6. The van der Waals surface area contributed by atoms with E-state index in [0.717, 1.165) is 29.7 Å². The molecule has 2 N–H and O–H groups in total. The molecule has 2 aromatic heterocycles. The summed E-state index contributed by atoms with van der Waals surface area (Å²) in [5, 5.41) is 1.02. The first-order chi connectivity index (χ1) is 13.8. The van der Waals surface area contributed by atoms with Gasteiger partial charge in [0.2, 0.25) is 5.88 Å². The average Bonchev–Trinajstić information content (AvgIpc) is 2.92. The third kappa shape index (κ3) is 3.16. The summed E-state index contributed by atoms with van der Waals surface area (Å²) in [6.45, 7) is 8.09. The van der Waals surface area contributed by atoms with Gasteiger partial charge in [0.25, 0.3) is 0 Å². The molecule has 6 heteroatoms. The highest BCUT2D eigenvalue weighted by Crippen LogP contribution is 2.54. The Bertz CT molecular complexity index is 1080. The molecule has 1 aromatic carbocycles. The number of nitrogens with zero attached hydrogens (tertiary/aromatic N) is 4. The Morgan fingerprint density at radius 1 is 1.07 bits per heavy atom. The first-order valence-corrected chi connectivity index (χ1v) is 10.2. The van der Waals surface area contributed by atoms with Crippen LogP contribution in [0.15, 0.2) is 42.9 Å². The van der Waals surface area contributed by atoms with Gasteiger partial charge in [-0.2, -0.15) is 4.98 Å². The summed E-state index contributed by atoms with van der Waals surface area (Å²) in [6, 6.07) is 10.2. The van der Waals surface area contributed by atoms with E-state index in [0.29, 0.717) is 34.2 Å². The van der Waals surface area contributed by atoms with Gasteiger partial charge in [0.1, 0.15) is 17.5 Å². The summed E-state index contributed by atoms with van der Waals surface area (Å²) >= 11 is 0. The number of ether oxygens (including phenoxy) is 1. The predicted octanol–water partition coefficient (Wildman–Crippen LogP) is 4.80. The summed E-state index contributed by atoms with van der Waals surface area (Å²) in [4.78, 5) is 15.7. The van der Waals surface area contributed by atoms with Crippen molar-refractivity contribution in [3.05, 3.63) is 42.9 Å². The molecule has 0 amide bonds. The third-order valence-electron chi connectivity index (χ3n) is 6.32. The molecular formula is C23H27N5O. The Morgan fingerprint density at radius 2 is 1.90 bits per heavy atom. The second-order valence-electron chi connectivity index (χ2n) is 9.69. The average molecular weight is 390 g/mol. The molecule has 5 rings (SSSR count). The van der Waals surface area contributed by atoms with Gasteiger partial charge in [-0.3, -0.25) is 4.98 Å². The van der Waals surface area contributed by atoms with Crippen molar-refractivity contribution in [2.24, 2.45) is 10.8 Å². The molecule has 2 aliphatic rings. The molecule has 1 saturated carbocycles. The minimum Gasteiger partial charge on any atom is -0.435 e. The molecule has 2 bridgehead atoms. The Morgan fingerprint density at radius 3 is 2.76 bits per heavy atom. The molecule has 2 unspecified atom stereocenters. The fraction of sp³-hybridized carbons (Fsp3) is 0.435. The van der Waals surface area contributed by atoms with Crippen LogP contribution in [0.3, 0.4) is 0 Å². The molecular weight excluding hydrogens is 362 g/mol. The number of hydrogen-bond donors (Lipinski definition) is 1. The molecule has 3 aromatic rings. The molecule has 2 fully saturated rings. The monoisotopic (exact) mass is 389 g/mol. The number of benzene rings is 1. The molecule has 0 radical (unpaired) electrons. The molecule has 150 valence electrons. The number of nitrogen functional groups attached to an aromatic ring is 1. The lowest BCUT2D eigenvalue weighted by Gasteiger charge is -2.39. The summed E-state index contributed by atoms with van der Waals surface area (Å²) < 4.78 is 6.13. The Balaban J connectivity index is 1.50. The van der Waals surface area contributed by atoms with Gasteiger partial charge in [0.05, 0.1) is 0 Å². The van der Waals surface area contributed by atoms with E-state index in [1.54, 1.807) is 12.5 Å². The van der Waals surface area contributed by atoms with Crippen LogP contribution in [0.1, 0.15) is 40.0 Å². The van der Waals surface area contributed by atoms with Crippen molar-refractivity contribution in [2.75, 3.05) is 17.2 Å². The van der Waals surface area contributed by atoms with E-state index in [1.807, 2.05) is 30.3 Å². The fourth-order valence-corrected chi connectivity index (χ4v) is 5.65. The molecule has 1 aliphatic carbocycles. The van der Waals surface area contributed by atoms with Crippen LogP contribution in [0, 0.1) is 10.8 Å². The zero-order valence-corrected chi connectivity index (χ0v) is 17.2. The first kappa shape index (κ1) is 18.2. The topological polar surface area (TPSA) is 77.2 Å². The van der Waals surface area contributed by atoms with Gasteiger partial charge < -0.3 is 15.4 Å². The Kier molecular flexibility index (Phi) is 3.95. The zero-order chi connectivity index (χ0) is 20.2. The largest absolute Gasteiger partial charge is 0.435 e. The van der Waals surface area contributed by atoms with Crippen molar-refractivity contribution in [3.8, 4) is 11.6 Å². The molecule has 6 nitrogen and oxygen atoms in total. The highest BCUT2D eigenvalue weighted by Gasteiger charge is 2.50. The highest BCUT2D eigenvalue weighted by molar-refractivity contribution is 5.84. The normalized spacial score (nSPS) is 25.3. The lowest BCUT2D eigenvalue weighted by molar-refractivity contribution is 0.136. The number of rotatable bonds is 3. The van der Waals surface area contributed by atoms with Crippen LogP contribution in [0.25, 0.3) is 10.9 Å². The van der Waals surface area contributed by atoms with Gasteiger partial charge in [0, 0.05) is 24.2 Å². The molecule has 1 aliphatic heterocycles. The van der Waals surface area contributed by atoms with Crippen LogP contribution in [0.5, 0.6) is 11.6 Å². The van der Waals surface area contributed by atoms with Crippen LogP contribution in [0.4, 0.5) is 11.5 Å². The van der Waals surface area contributed by atoms with E-state index in [4.69, 9.17) is 10.5 Å². The molecule has 29 heavy (non-hydrogen) atoms. The maximum Gasteiger partial charge on any atom is 0.248 e. The van der Waals surface area contributed by atoms with Crippen LogP contribution < -0.4 is 15.4 Å². The lowest BCUT2D eigenvalue weighted by atomic mass is 9.65. The van der Waals surface area contributed by atoms with E-state index < -0.39 is 0 Å². The van der Waals surface area contributed by atoms with Crippen LogP contribution in [0.2, 0.25) is 0 Å². The Labute approximate surface area is 171 Å².